The van der Waals surface area contributed by atoms with Gasteiger partial charge >= 0.3 is 5.69 Å². The van der Waals surface area contributed by atoms with Crippen molar-refractivity contribution < 1.29 is 14.4 Å². The number of aromatic nitrogens is 2. The molecule has 1 aliphatic rings. The van der Waals surface area contributed by atoms with Crippen molar-refractivity contribution in [2.75, 3.05) is 7.11 Å². The number of ether oxygens (including phenoxy) is 2. The molecule has 9 heteroatoms. The van der Waals surface area contributed by atoms with Gasteiger partial charge in [-0.2, -0.15) is 0 Å². The van der Waals surface area contributed by atoms with Gasteiger partial charge < -0.3 is 9.47 Å². The summed E-state index contributed by atoms with van der Waals surface area (Å²) >= 11 is 0. The van der Waals surface area contributed by atoms with Crippen LogP contribution in [0.15, 0.2) is 58.1 Å². The smallest absolute Gasteiger partial charge is 0.333 e. The van der Waals surface area contributed by atoms with Gasteiger partial charge in [0.2, 0.25) is 5.88 Å². The van der Waals surface area contributed by atoms with Gasteiger partial charge in [-0.25, -0.2) is 4.79 Å². The van der Waals surface area contributed by atoms with E-state index in [-0.39, 0.29) is 11.6 Å². The lowest BCUT2D eigenvalue weighted by Crippen LogP contribution is -2.42. The minimum Gasteiger partial charge on any atom is -0.497 e. The fourth-order valence-electron chi connectivity index (χ4n) is 3.96. The van der Waals surface area contributed by atoms with E-state index in [9.17, 15) is 19.7 Å². The number of nitro benzene ring substituents is 1. The third-order valence-electron chi connectivity index (χ3n) is 5.69. The maximum Gasteiger partial charge on any atom is 0.333 e. The number of hydrogen-bond acceptors (Lipinski definition) is 6. The summed E-state index contributed by atoms with van der Waals surface area (Å²) in [5.41, 5.74) is 1.02. The Morgan fingerprint density at radius 3 is 2.19 bits per heavy atom. The molecule has 0 fully saturated rings. The number of methoxy groups -OCH3 is 1. The van der Waals surface area contributed by atoms with E-state index < -0.39 is 28.2 Å². The maximum absolute atomic E-state index is 13.0. The molecule has 2 heterocycles. The first-order valence-corrected chi connectivity index (χ1v) is 9.66. The highest BCUT2D eigenvalue weighted by Gasteiger charge is 2.35. The van der Waals surface area contributed by atoms with E-state index in [1.807, 2.05) is 24.3 Å². The average molecular weight is 423 g/mol. The Hall–Kier alpha value is -3.88. The van der Waals surface area contributed by atoms with Crippen LogP contribution in [-0.2, 0) is 14.1 Å². The monoisotopic (exact) mass is 423 g/mol. The molecule has 0 N–H and O–H groups in total. The minimum absolute atomic E-state index is 0.0314. The lowest BCUT2D eigenvalue weighted by molar-refractivity contribution is -0.384. The standard InChI is InChI=1S/C22H21N3O6/c1-23-20(26)19-17(13-4-8-15(9-5-13)25(28)29)12-18(31-21(19)24(2)22(23)27)14-6-10-16(30-3)11-7-14/h4-11,17-18H,12H2,1-3H3/t17-,18+/m1/s1. The number of hydrogen-bond donors (Lipinski definition) is 0. The molecule has 3 aromatic rings. The Morgan fingerprint density at radius 1 is 1.00 bits per heavy atom. The zero-order valence-electron chi connectivity index (χ0n) is 17.3. The van der Waals surface area contributed by atoms with Gasteiger partial charge in [0.1, 0.15) is 11.9 Å². The van der Waals surface area contributed by atoms with E-state index in [1.54, 1.807) is 26.3 Å². The van der Waals surface area contributed by atoms with Crippen molar-refractivity contribution in [3.63, 3.8) is 0 Å². The molecule has 9 nitrogen and oxygen atoms in total. The van der Waals surface area contributed by atoms with Crippen LogP contribution in [0, 0.1) is 10.1 Å². The SMILES string of the molecule is COc1ccc([C@@H]2C[C@H](c3ccc([N+](=O)[O-])cc3)c3c(n(C)c(=O)n(C)c3=O)O2)cc1. The summed E-state index contributed by atoms with van der Waals surface area (Å²) in [4.78, 5) is 36.1. The van der Waals surface area contributed by atoms with Crippen LogP contribution in [0.5, 0.6) is 11.6 Å². The van der Waals surface area contributed by atoms with E-state index in [4.69, 9.17) is 9.47 Å². The summed E-state index contributed by atoms with van der Waals surface area (Å²) in [7, 11) is 4.57. The summed E-state index contributed by atoms with van der Waals surface area (Å²) in [5.74, 6) is 0.513. The van der Waals surface area contributed by atoms with Crippen LogP contribution < -0.4 is 20.7 Å². The highest BCUT2D eigenvalue weighted by Crippen LogP contribution is 2.43. The molecule has 0 spiro atoms. The van der Waals surface area contributed by atoms with Gasteiger partial charge in [-0.05, 0) is 29.7 Å². The summed E-state index contributed by atoms with van der Waals surface area (Å²) in [6.07, 6.45) is 0.0150. The zero-order chi connectivity index (χ0) is 22.3. The first kappa shape index (κ1) is 20.4. The van der Waals surface area contributed by atoms with Crippen molar-refractivity contribution in [3.05, 3.63) is 96.2 Å². The van der Waals surface area contributed by atoms with Gasteiger partial charge in [-0.3, -0.25) is 24.0 Å². The Bertz CT molecular complexity index is 1260. The summed E-state index contributed by atoms with van der Waals surface area (Å²) in [6.45, 7) is 0. The van der Waals surface area contributed by atoms with Crippen LogP contribution in [0.4, 0.5) is 5.69 Å². The first-order valence-electron chi connectivity index (χ1n) is 9.66. The minimum atomic E-state index is -0.485. The quantitative estimate of drug-likeness (QED) is 0.472. The predicted octanol–water partition coefficient (Wildman–Crippen LogP) is 2.66. The molecule has 31 heavy (non-hydrogen) atoms. The molecule has 0 bridgehead atoms. The predicted molar refractivity (Wildman–Crippen MR) is 113 cm³/mol. The number of benzene rings is 2. The Labute approximate surface area is 177 Å². The Kier molecular flexibility index (Phi) is 5.10. The third kappa shape index (κ3) is 3.48. The molecule has 1 aromatic heterocycles. The van der Waals surface area contributed by atoms with Crippen LogP contribution in [0.3, 0.4) is 0 Å². The fraction of sp³-hybridized carbons (Fsp3) is 0.273. The van der Waals surface area contributed by atoms with Crippen molar-refractivity contribution in [2.45, 2.75) is 18.4 Å². The second kappa shape index (κ2) is 7.75. The first-order chi connectivity index (χ1) is 14.8. The van der Waals surface area contributed by atoms with Crippen molar-refractivity contribution in [1.29, 1.82) is 0 Å². The molecule has 0 saturated heterocycles. The van der Waals surface area contributed by atoms with Crippen molar-refractivity contribution >= 4 is 5.69 Å². The molecule has 2 atom stereocenters. The molecule has 0 radical (unpaired) electrons. The third-order valence-corrected chi connectivity index (χ3v) is 5.69. The highest BCUT2D eigenvalue weighted by molar-refractivity contribution is 5.44. The maximum atomic E-state index is 13.0. The molecule has 4 rings (SSSR count). The second-order valence-corrected chi connectivity index (χ2v) is 7.44. The van der Waals surface area contributed by atoms with Gasteiger partial charge in [0.25, 0.3) is 11.2 Å². The van der Waals surface area contributed by atoms with Gasteiger partial charge in [-0.15, -0.1) is 0 Å². The topological polar surface area (TPSA) is 106 Å². The lowest BCUT2D eigenvalue weighted by atomic mass is 9.84. The average Bonchev–Trinajstić information content (AvgIpc) is 2.80. The molecule has 1 aliphatic heterocycles. The van der Waals surface area contributed by atoms with Crippen molar-refractivity contribution in [2.24, 2.45) is 14.1 Å². The number of rotatable bonds is 4. The lowest BCUT2D eigenvalue weighted by Gasteiger charge is -2.33. The van der Waals surface area contributed by atoms with Gasteiger partial charge in [0.05, 0.1) is 17.6 Å². The van der Waals surface area contributed by atoms with Crippen LogP contribution in [-0.4, -0.2) is 21.2 Å². The molecule has 0 saturated carbocycles. The Balaban J connectivity index is 1.87. The molecular weight excluding hydrogens is 402 g/mol. The summed E-state index contributed by atoms with van der Waals surface area (Å²) < 4.78 is 13.7. The Morgan fingerprint density at radius 2 is 1.61 bits per heavy atom. The van der Waals surface area contributed by atoms with E-state index in [0.717, 1.165) is 15.7 Å². The highest BCUT2D eigenvalue weighted by atomic mass is 16.6. The van der Waals surface area contributed by atoms with E-state index >= 15 is 0 Å². The summed E-state index contributed by atoms with van der Waals surface area (Å²) in [5, 5.41) is 11.0. The van der Waals surface area contributed by atoms with Gasteiger partial charge in [0, 0.05) is 32.1 Å². The number of fused-ring (bicyclic) bond motifs is 1. The van der Waals surface area contributed by atoms with Crippen LogP contribution in [0.25, 0.3) is 0 Å². The zero-order valence-corrected chi connectivity index (χ0v) is 17.3. The van der Waals surface area contributed by atoms with Crippen molar-refractivity contribution in [3.8, 4) is 11.6 Å². The van der Waals surface area contributed by atoms with Crippen LogP contribution in [0.1, 0.15) is 35.1 Å². The van der Waals surface area contributed by atoms with E-state index in [0.29, 0.717) is 17.7 Å². The summed E-state index contributed by atoms with van der Waals surface area (Å²) in [6, 6.07) is 13.5. The fourth-order valence-corrected chi connectivity index (χ4v) is 3.96. The molecule has 160 valence electrons. The van der Waals surface area contributed by atoms with Gasteiger partial charge in [0.15, 0.2) is 0 Å². The number of nitrogens with zero attached hydrogens (tertiary/aromatic N) is 3. The largest absolute Gasteiger partial charge is 0.497 e. The number of nitro groups is 1. The number of non-ortho nitro benzene ring substituents is 1. The molecule has 0 amide bonds. The van der Waals surface area contributed by atoms with Crippen molar-refractivity contribution in [1.82, 2.24) is 9.13 Å². The second-order valence-electron chi connectivity index (χ2n) is 7.44. The van der Waals surface area contributed by atoms with Crippen LogP contribution in [0.2, 0.25) is 0 Å². The van der Waals surface area contributed by atoms with Crippen LogP contribution >= 0.6 is 0 Å². The van der Waals surface area contributed by atoms with E-state index in [1.165, 1.54) is 23.7 Å². The molecule has 0 unspecified atom stereocenters. The van der Waals surface area contributed by atoms with Gasteiger partial charge in [-0.1, -0.05) is 24.3 Å². The van der Waals surface area contributed by atoms with E-state index in [2.05, 4.69) is 0 Å². The molecule has 2 aromatic carbocycles. The molecular formula is C22H21N3O6. The molecule has 0 aliphatic carbocycles. The normalized spacial score (nSPS) is 17.5.